The Morgan fingerprint density at radius 2 is 2.27 bits per heavy atom. The zero-order chi connectivity index (χ0) is 11.4. The molecule has 0 saturated carbocycles. The van der Waals surface area contributed by atoms with E-state index in [2.05, 4.69) is 32.9 Å². The fourth-order valence-electron chi connectivity index (χ4n) is 1.93. The number of allylic oxidation sites excluding steroid dienone is 4. The van der Waals surface area contributed by atoms with E-state index in [0.29, 0.717) is 18.3 Å². The summed E-state index contributed by atoms with van der Waals surface area (Å²) in [6.45, 7) is 6.57. The highest BCUT2D eigenvalue weighted by Crippen LogP contribution is 2.30. The molecule has 0 aromatic rings. The quantitative estimate of drug-likeness (QED) is 0.768. The van der Waals surface area contributed by atoms with Gasteiger partial charge in [0.2, 0.25) is 0 Å². The molecule has 15 heavy (non-hydrogen) atoms. The van der Waals surface area contributed by atoms with Crippen molar-refractivity contribution in [1.82, 2.24) is 0 Å². The van der Waals surface area contributed by atoms with Crippen molar-refractivity contribution in [2.75, 3.05) is 0 Å². The third-order valence-electron chi connectivity index (χ3n) is 3.10. The second kappa shape index (κ2) is 5.15. The Balaban J connectivity index is 2.58. The number of hydrogen-bond donors (Lipinski definition) is 1. The number of carbonyl (C=O) groups is 1. The standard InChI is InChI=1S/C13H20O2/c1-9(2)12-5-4-11(10(3)8-12)6-7-13(14)15/h4-5,9,12H,6-8H2,1-3H3,(H,14,15). The van der Waals surface area contributed by atoms with E-state index in [0.717, 1.165) is 6.42 Å². The molecule has 0 fully saturated rings. The Morgan fingerprint density at radius 3 is 2.73 bits per heavy atom. The van der Waals surface area contributed by atoms with E-state index in [-0.39, 0.29) is 6.42 Å². The second-order valence-electron chi connectivity index (χ2n) is 4.67. The van der Waals surface area contributed by atoms with Crippen LogP contribution in [0.4, 0.5) is 0 Å². The summed E-state index contributed by atoms with van der Waals surface area (Å²) in [6.07, 6.45) is 6.34. The first-order valence-corrected chi connectivity index (χ1v) is 5.59. The average Bonchev–Trinajstić information content (AvgIpc) is 2.15. The van der Waals surface area contributed by atoms with Crippen molar-refractivity contribution in [3.63, 3.8) is 0 Å². The minimum absolute atomic E-state index is 0.239. The van der Waals surface area contributed by atoms with Crippen molar-refractivity contribution in [3.8, 4) is 0 Å². The van der Waals surface area contributed by atoms with Gasteiger partial charge in [0.1, 0.15) is 0 Å². The van der Waals surface area contributed by atoms with Gasteiger partial charge >= 0.3 is 5.97 Å². The van der Waals surface area contributed by atoms with E-state index in [9.17, 15) is 4.79 Å². The Bertz CT molecular complexity index is 298. The van der Waals surface area contributed by atoms with Crippen LogP contribution >= 0.6 is 0 Å². The average molecular weight is 208 g/mol. The summed E-state index contributed by atoms with van der Waals surface area (Å²) in [7, 11) is 0. The molecule has 0 saturated heterocycles. The van der Waals surface area contributed by atoms with Gasteiger partial charge in [0.05, 0.1) is 0 Å². The maximum absolute atomic E-state index is 10.5. The van der Waals surface area contributed by atoms with Gasteiger partial charge in [-0.15, -0.1) is 0 Å². The smallest absolute Gasteiger partial charge is 0.303 e. The van der Waals surface area contributed by atoms with Gasteiger partial charge in [-0.2, -0.15) is 0 Å². The third kappa shape index (κ3) is 3.54. The van der Waals surface area contributed by atoms with Gasteiger partial charge in [0.25, 0.3) is 0 Å². The van der Waals surface area contributed by atoms with Crippen LogP contribution in [0, 0.1) is 11.8 Å². The Kier molecular flexibility index (Phi) is 4.13. The van der Waals surface area contributed by atoms with Crippen LogP contribution in [0.3, 0.4) is 0 Å². The van der Waals surface area contributed by atoms with Gasteiger partial charge in [0.15, 0.2) is 0 Å². The molecular weight excluding hydrogens is 188 g/mol. The second-order valence-corrected chi connectivity index (χ2v) is 4.67. The molecule has 0 bridgehead atoms. The van der Waals surface area contributed by atoms with Crippen LogP contribution in [0.2, 0.25) is 0 Å². The summed E-state index contributed by atoms with van der Waals surface area (Å²) in [5.74, 6) is 0.575. The van der Waals surface area contributed by atoms with E-state index >= 15 is 0 Å². The summed E-state index contributed by atoms with van der Waals surface area (Å²) in [4.78, 5) is 10.5. The summed E-state index contributed by atoms with van der Waals surface area (Å²) in [5.41, 5.74) is 2.58. The molecule has 0 amide bonds. The van der Waals surface area contributed by atoms with Crippen LogP contribution in [0.25, 0.3) is 0 Å². The van der Waals surface area contributed by atoms with Crippen molar-refractivity contribution >= 4 is 5.97 Å². The fraction of sp³-hybridized carbons (Fsp3) is 0.615. The maximum Gasteiger partial charge on any atom is 0.303 e. The zero-order valence-corrected chi connectivity index (χ0v) is 9.79. The van der Waals surface area contributed by atoms with E-state index in [1.165, 1.54) is 11.1 Å². The van der Waals surface area contributed by atoms with E-state index in [1.807, 2.05) is 0 Å². The number of carboxylic acid groups (broad SMARTS) is 1. The molecule has 0 aromatic carbocycles. The molecule has 1 rings (SSSR count). The van der Waals surface area contributed by atoms with Crippen LogP contribution < -0.4 is 0 Å². The van der Waals surface area contributed by atoms with Gasteiger partial charge in [-0.25, -0.2) is 0 Å². The van der Waals surface area contributed by atoms with Gasteiger partial charge in [-0.05, 0) is 37.2 Å². The predicted molar refractivity (Wildman–Crippen MR) is 61.7 cm³/mol. The Morgan fingerprint density at radius 1 is 1.60 bits per heavy atom. The highest BCUT2D eigenvalue weighted by molar-refractivity contribution is 5.67. The molecule has 1 atom stereocenters. The zero-order valence-electron chi connectivity index (χ0n) is 9.79. The minimum Gasteiger partial charge on any atom is -0.481 e. The molecule has 0 heterocycles. The van der Waals surface area contributed by atoms with Crippen molar-refractivity contribution < 1.29 is 9.90 Å². The first kappa shape index (κ1) is 12.0. The lowest BCUT2D eigenvalue weighted by molar-refractivity contribution is -0.136. The van der Waals surface area contributed by atoms with Crippen LogP contribution in [-0.2, 0) is 4.79 Å². The minimum atomic E-state index is -0.713. The third-order valence-corrected chi connectivity index (χ3v) is 3.10. The van der Waals surface area contributed by atoms with Crippen molar-refractivity contribution in [2.45, 2.75) is 40.0 Å². The van der Waals surface area contributed by atoms with Crippen LogP contribution in [0.15, 0.2) is 23.3 Å². The highest BCUT2D eigenvalue weighted by atomic mass is 16.4. The summed E-state index contributed by atoms with van der Waals surface area (Å²) < 4.78 is 0. The van der Waals surface area contributed by atoms with Crippen LogP contribution in [-0.4, -0.2) is 11.1 Å². The molecule has 84 valence electrons. The summed E-state index contributed by atoms with van der Waals surface area (Å²) in [6, 6.07) is 0. The lowest BCUT2D eigenvalue weighted by Crippen LogP contribution is -2.10. The predicted octanol–water partition coefficient (Wildman–Crippen LogP) is 3.40. The largest absolute Gasteiger partial charge is 0.481 e. The molecule has 0 spiro atoms. The number of carboxylic acids is 1. The molecule has 2 nitrogen and oxygen atoms in total. The molecule has 1 aliphatic rings. The monoisotopic (exact) mass is 208 g/mol. The molecule has 1 aliphatic carbocycles. The maximum atomic E-state index is 10.5. The molecule has 1 N–H and O–H groups in total. The first-order valence-electron chi connectivity index (χ1n) is 5.59. The van der Waals surface area contributed by atoms with E-state index in [1.54, 1.807) is 0 Å². The Hall–Kier alpha value is -1.05. The topological polar surface area (TPSA) is 37.3 Å². The molecule has 1 unspecified atom stereocenters. The van der Waals surface area contributed by atoms with Gasteiger partial charge in [-0.3, -0.25) is 4.79 Å². The Labute approximate surface area is 91.7 Å². The first-order chi connectivity index (χ1) is 7.00. The van der Waals surface area contributed by atoms with Gasteiger partial charge < -0.3 is 5.11 Å². The van der Waals surface area contributed by atoms with E-state index < -0.39 is 5.97 Å². The SMILES string of the molecule is CC1=C(CCC(=O)O)C=CC(C(C)C)C1. The molecule has 0 aromatic heterocycles. The molecule has 0 aliphatic heterocycles. The number of hydrogen-bond acceptors (Lipinski definition) is 1. The van der Waals surface area contributed by atoms with Crippen LogP contribution in [0.1, 0.15) is 40.0 Å². The lowest BCUT2D eigenvalue weighted by atomic mass is 9.83. The fourth-order valence-corrected chi connectivity index (χ4v) is 1.93. The normalized spacial score (nSPS) is 21.2. The van der Waals surface area contributed by atoms with Crippen molar-refractivity contribution in [1.29, 1.82) is 0 Å². The van der Waals surface area contributed by atoms with Crippen LogP contribution in [0.5, 0.6) is 0 Å². The highest BCUT2D eigenvalue weighted by Gasteiger charge is 2.16. The van der Waals surface area contributed by atoms with Crippen molar-refractivity contribution in [2.24, 2.45) is 11.8 Å². The molecule has 2 heteroatoms. The molecular formula is C13H20O2. The lowest BCUT2D eigenvalue weighted by Gasteiger charge is -2.23. The van der Waals surface area contributed by atoms with E-state index in [4.69, 9.17) is 5.11 Å². The van der Waals surface area contributed by atoms with Gasteiger partial charge in [0, 0.05) is 6.42 Å². The summed E-state index contributed by atoms with van der Waals surface area (Å²) >= 11 is 0. The molecule has 0 radical (unpaired) electrons. The van der Waals surface area contributed by atoms with Gasteiger partial charge in [-0.1, -0.05) is 31.6 Å². The number of rotatable bonds is 4. The van der Waals surface area contributed by atoms with Crippen molar-refractivity contribution in [3.05, 3.63) is 23.3 Å². The number of aliphatic carboxylic acids is 1. The summed E-state index contributed by atoms with van der Waals surface area (Å²) in [5, 5.41) is 8.62.